The molecule has 0 radical (unpaired) electrons. The highest BCUT2D eigenvalue weighted by Crippen LogP contribution is 2.46. The van der Waals surface area contributed by atoms with Gasteiger partial charge in [0.15, 0.2) is 0 Å². The number of piperazine rings is 1. The first kappa shape index (κ1) is 17.3. The van der Waals surface area contributed by atoms with Gasteiger partial charge in [-0.05, 0) is 34.4 Å². The second kappa shape index (κ2) is 6.74. The maximum Gasteiger partial charge on any atom is 0.346 e. The molecule has 2 aromatic heterocycles. The first-order valence-electron chi connectivity index (χ1n) is 10.2. The van der Waals surface area contributed by atoms with Crippen LogP contribution in [0.5, 0.6) is 0 Å². The molecule has 0 bridgehead atoms. The first-order valence-corrected chi connectivity index (χ1v) is 10.2. The minimum absolute atomic E-state index is 0.141. The third-order valence-electron chi connectivity index (χ3n) is 6.16. The summed E-state index contributed by atoms with van der Waals surface area (Å²) < 4.78 is 1.36. The molecule has 1 fully saturated rings. The molecule has 0 N–H and O–H groups in total. The molecule has 2 aliphatic rings. The van der Waals surface area contributed by atoms with E-state index >= 15 is 0 Å². The van der Waals surface area contributed by atoms with Gasteiger partial charge in [0.2, 0.25) is 5.65 Å². The number of amides is 1. The molecule has 148 valence electrons. The fourth-order valence-corrected chi connectivity index (χ4v) is 4.74. The van der Waals surface area contributed by atoms with Gasteiger partial charge in [0.1, 0.15) is 5.52 Å². The Bertz CT molecular complexity index is 1210. The van der Waals surface area contributed by atoms with Crippen LogP contribution in [-0.2, 0) is 0 Å². The summed E-state index contributed by atoms with van der Waals surface area (Å²) in [6.07, 6.45) is 1.65. The molecule has 7 nitrogen and oxygen atoms in total. The summed E-state index contributed by atoms with van der Waals surface area (Å²) >= 11 is 0. The van der Waals surface area contributed by atoms with Crippen molar-refractivity contribution in [2.24, 2.45) is 0 Å². The molecule has 1 aliphatic carbocycles. The second-order valence-corrected chi connectivity index (χ2v) is 7.73. The lowest BCUT2D eigenvalue weighted by molar-refractivity contribution is 0.121. The summed E-state index contributed by atoms with van der Waals surface area (Å²) in [6.45, 7) is 2.93. The molecule has 4 aromatic rings. The summed E-state index contributed by atoms with van der Waals surface area (Å²) in [5.41, 5.74) is 6.47. The molecule has 3 heterocycles. The van der Waals surface area contributed by atoms with E-state index in [2.05, 4.69) is 68.7 Å². The third kappa shape index (κ3) is 2.55. The smallest absolute Gasteiger partial charge is 0.320 e. The first-order chi connectivity index (χ1) is 14.8. The van der Waals surface area contributed by atoms with E-state index in [9.17, 15) is 4.79 Å². The van der Waals surface area contributed by atoms with Crippen molar-refractivity contribution in [3.8, 4) is 11.1 Å². The van der Waals surface area contributed by atoms with Gasteiger partial charge in [0.25, 0.3) is 0 Å². The second-order valence-electron chi connectivity index (χ2n) is 7.73. The summed E-state index contributed by atoms with van der Waals surface area (Å²) in [5, 5.41) is 8.03. The van der Waals surface area contributed by atoms with Gasteiger partial charge < -0.3 is 4.90 Å². The molecule has 6 rings (SSSR count). The van der Waals surface area contributed by atoms with Gasteiger partial charge in [-0.2, -0.15) is 4.68 Å². The number of pyridine rings is 1. The van der Waals surface area contributed by atoms with Crippen LogP contribution >= 0.6 is 0 Å². The molecule has 30 heavy (non-hydrogen) atoms. The lowest BCUT2D eigenvalue weighted by Crippen LogP contribution is -2.50. The number of carbonyl (C=O) groups is 1. The van der Waals surface area contributed by atoms with Gasteiger partial charge in [-0.1, -0.05) is 53.7 Å². The normalized spacial score (nSPS) is 16.6. The Morgan fingerprint density at radius 2 is 1.50 bits per heavy atom. The van der Waals surface area contributed by atoms with Crippen LogP contribution in [0.3, 0.4) is 0 Å². The minimum atomic E-state index is -0.141. The molecule has 1 saturated heterocycles. The SMILES string of the molecule is O=C(N1CCN(C2c3ccccc3-c3ccccc32)CC1)n1nnc2ncccc21. The van der Waals surface area contributed by atoms with E-state index in [0.717, 1.165) is 13.1 Å². The summed E-state index contributed by atoms with van der Waals surface area (Å²) in [4.78, 5) is 21.5. The van der Waals surface area contributed by atoms with Crippen molar-refractivity contribution < 1.29 is 4.79 Å². The van der Waals surface area contributed by atoms with Gasteiger partial charge in [0.05, 0.1) is 6.04 Å². The lowest BCUT2D eigenvalue weighted by atomic mass is 10.0. The zero-order valence-electron chi connectivity index (χ0n) is 16.3. The molecular weight excluding hydrogens is 376 g/mol. The average Bonchev–Trinajstić information content (AvgIpc) is 3.38. The van der Waals surface area contributed by atoms with E-state index in [1.165, 1.54) is 26.9 Å². The number of fused-ring (bicyclic) bond motifs is 4. The van der Waals surface area contributed by atoms with Gasteiger partial charge in [-0.25, -0.2) is 9.78 Å². The van der Waals surface area contributed by atoms with Crippen molar-refractivity contribution in [1.29, 1.82) is 0 Å². The third-order valence-corrected chi connectivity index (χ3v) is 6.16. The minimum Gasteiger partial charge on any atom is -0.320 e. The van der Waals surface area contributed by atoms with Gasteiger partial charge in [0, 0.05) is 32.4 Å². The van der Waals surface area contributed by atoms with Crippen LogP contribution in [0.15, 0.2) is 66.9 Å². The van der Waals surface area contributed by atoms with Crippen LogP contribution < -0.4 is 0 Å². The Kier molecular flexibility index (Phi) is 3.89. The van der Waals surface area contributed by atoms with Crippen LogP contribution in [0.2, 0.25) is 0 Å². The van der Waals surface area contributed by atoms with Gasteiger partial charge in [-0.15, -0.1) is 5.10 Å². The van der Waals surface area contributed by atoms with E-state index in [4.69, 9.17) is 0 Å². The Morgan fingerprint density at radius 3 is 2.20 bits per heavy atom. The monoisotopic (exact) mass is 396 g/mol. The number of hydrogen-bond donors (Lipinski definition) is 0. The Morgan fingerprint density at radius 1 is 0.833 bits per heavy atom. The molecular formula is C23H20N6O. The van der Waals surface area contributed by atoms with E-state index in [0.29, 0.717) is 24.3 Å². The average molecular weight is 396 g/mol. The lowest BCUT2D eigenvalue weighted by Gasteiger charge is -2.38. The molecule has 0 spiro atoms. The summed E-state index contributed by atoms with van der Waals surface area (Å²) in [7, 11) is 0. The maximum absolute atomic E-state index is 13.0. The van der Waals surface area contributed by atoms with Crippen molar-refractivity contribution in [1.82, 2.24) is 29.8 Å². The molecule has 1 amide bonds. The molecule has 0 atom stereocenters. The fourth-order valence-electron chi connectivity index (χ4n) is 4.74. The molecule has 2 aromatic carbocycles. The Balaban J connectivity index is 1.25. The highest BCUT2D eigenvalue weighted by molar-refractivity contribution is 5.86. The van der Waals surface area contributed by atoms with Crippen molar-refractivity contribution in [2.75, 3.05) is 26.2 Å². The number of rotatable bonds is 1. The number of aromatic nitrogens is 4. The Labute approximate surface area is 173 Å². The van der Waals surface area contributed by atoms with Crippen molar-refractivity contribution >= 4 is 17.2 Å². The highest BCUT2D eigenvalue weighted by Gasteiger charge is 2.35. The van der Waals surface area contributed by atoms with Crippen LogP contribution in [0.4, 0.5) is 4.79 Å². The van der Waals surface area contributed by atoms with E-state index in [1.54, 1.807) is 12.3 Å². The van der Waals surface area contributed by atoms with Gasteiger partial charge >= 0.3 is 6.03 Å². The van der Waals surface area contributed by atoms with Crippen molar-refractivity contribution in [3.63, 3.8) is 0 Å². The van der Waals surface area contributed by atoms with Crippen LogP contribution in [0, 0.1) is 0 Å². The van der Waals surface area contributed by atoms with Crippen molar-refractivity contribution in [3.05, 3.63) is 78.0 Å². The highest BCUT2D eigenvalue weighted by atomic mass is 16.2. The van der Waals surface area contributed by atoms with E-state index in [1.807, 2.05) is 11.0 Å². The quantitative estimate of drug-likeness (QED) is 0.494. The van der Waals surface area contributed by atoms with E-state index < -0.39 is 0 Å². The van der Waals surface area contributed by atoms with Crippen LogP contribution in [-0.4, -0.2) is 62.0 Å². The fraction of sp³-hybridized carbons (Fsp3) is 0.217. The standard InChI is InChI=1S/C23H20N6O/c30-23(29-20-10-5-11-24-22(20)25-26-29)28-14-12-27(13-15-28)21-18-8-3-1-6-16(18)17-7-2-4-9-19(17)21/h1-11,21H,12-15H2. The van der Waals surface area contributed by atoms with Crippen LogP contribution in [0.1, 0.15) is 17.2 Å². The maximum atomic E-state index is 13.0. The predicted octanol–water partition coefficient (Wildman–Crippen LogP) is 3.18. The zero-order chi connectivity index (χ0) is 20.1. The van der Waals surface area contributed by atoms with Crippen molar-refractivity contribution in [2.45, 2.75) is 6.04 Å². The van der Waals surface area contributed by atoms with Crippen LogP contribution in [0.25, 0.3) is 22.3 Å². The largest absolute Gasteiger partial charge is 0.346 e. The topological polar surface area (TPSA) is 67.2 Å². The predicted molar refractivity (Wildman–Crippen MR) is 113 cm³/mol. The molecule has 0 unspecified atom stereocenters. The molecule has 7 heteroatoms. The summed E-state index contributed by atoms with van der Waals surface area (Å²) in [6, 6.07) is 21.0. The zero-order valence-corrected chi connectivity index (χ0v) is 16.3. The Hall–Kier alpha value is -3.58. The number of carbonyl (C=O) groups excluding carboxylic acids is 1. The molecule has 1 aliphatic heterocycles. The number of benzene rings is 2. The number of hydrogen-bond acceptors (Lipinski definition) is 5. The van der Waals surface area contributed by atoms with Gasteiger partial charge in [-0.3, -0.25) is 4.90 Å². The van der Waals surface area contributed by atoms with E-state index in [-0.39, 0.29) is 12.1 Å². The molecule has 0 saturated carbocycles. The number of nitrogens with zero attached hydrogens (tertiary/aromatic N) is 6. The summed E-state index contributed by atoms with van der Waals surface area (Å²) in [5.74, 6) is 0.